The summed E-state index contributed by atoms with van der Waals surface area (Å²) >= 11 is 0. The van der Waals surface area contributed by atoms with E-state index in [1.54, 1.807) is 0 Å². The zero-order valence-electron chi connectivity index (χ0n) is 11.7. The number of aromatic nitrogens is 2. The van der Waals surface area contributed by atoms with E-state index in [-0.39, 0.29) is 0 Å². The molecule has 3 rings (SSSR count). The number of aryl methyl sites for hydroxylation is 3. The minimum atomic E-state index is 0.841. The molecule has 0 atom stereocenters. The highest BCUT2D eigenvalue weighted by Gasteiger charge is 2.12. The number of rotatable bonds is 3. The van der Waals surface area contributed by atoms with Crippen molar-refractivity contribution in [1.29, 1.82) is 0 Å². The molecule has 1 aromatic heterocycles. The Labute approximate surface area is 114 Å². The summed E-state index contributed by atoms with van der Waals surface area (Å²) in [7, 11) is 2.00. The molecule has 1 aromatic carbocycles. The molecule has 3 heteroatoms. The lowest BCUT2D eigenvalue weighted by Gasteiger charge is -2.20. The van der Waals surface area contributed by atoms with E-state index in [1.165, 1.54) is 48.2 Å². The molecule has 100 valence electrons. The maximum absolute atomic E-state index is 4.39. The van der Waals surface area contributed by atoms with Crippen LogP contribution in [-0.2, 0) is 26.4 Å². The number of nitrogens with one attached hydrogen (secondary N) is 1. The third kappa shape index (κ3) is 2.50. The molecule has 2 aromatic rings. The number of benzene rings is 1. The van der Waals surface area contributed by atoms with E-state index in [0.29, 0.717) is 0 Å². The largest absolute Gasteiger partial charge is 0.379 e. The van der Waals surface area contributed by atoms with Crippen molar-refractivity contribution in [2.75, 3.05) is 5.32 Å². The number of anilines is 1. The van der Waals surface area contributed by atoms with Crippen molar-refractivity contribution in [3.05, 3.63) is 46.8 Å². The molecule has 3 nitrogen and oxygen atoms in total. The van der Waals surface area contributed by atoms with Gasteiger partial charge in [-0.05, 0) is 55.9 Å². The molecule has 1 N–H and O–H groups in total. The van der Waals surface area contributed by atoms with Crippen LogP contribution >= 0.6 is 0 Å². The average Bonchev–Trinajstić information content (AvgIpc) is 2.74. The lowest BCUT2D eigenvalue weighted by Crippen LogP contribution is -2.10. The van der Waals surface area contributed by atoms with Gasteiger partial charge in [0.2, 0.25) is 0 Å². The van der Waals surface area contributed by atoms with Gasteiger partial charge in [0.1, 0.15) is 0 Å². The molecular weight excluding hydrogens is 234 g/mol. The van der Waals surface area contributed by atoms with E-state index < -0.39 is 0 Å². The molecule has 19 heavy (non-hydrogen) atoms. The van der Waals surface area contributed by atoms with Crippen molar-refractivity contribution in [3.8, 4) is 0 Å². The third-order valence-corrected chi connectivity index (χ3v) is 3.95. The van der Waals surface area contributed by atoms with Gasteiger partial charge in [0, 0.05) is 12.7 Å². The van der Waals surface area contributed by atoms with E-state index in [1.807, 2.05) is 18.7 Å². The van der Waals surface area contributed by atoms with Crippen molar-refractivity contribution in [1.82, 2.24) is 9.78 Å². The maximum Gasteiger partial charge on any atom is 0.0597 e. The summed E-state index contributed by atoms with van der Waals surface area (Å²) in [6.45, 7) is 2.88. The van der Waals surface area contributed by atoms with Crippen molar-refractivity contribution >= 4 is 5.69 Å². The van der Waals surface area contributed by atoms with Gasteiger partial charge in [0.15, 0.2) is 0 Å². The molecular formula is C16H21N3. The van der Waals surface area contributed by atoms with Gasteiger partial charge in [0.05, 0.1) is 17.9 Å². The second-order valence-corrected chi connectivity index (χ2v) is 5.40. The molecule has 0 aliphatic heterocycles. The van der Waals surface area contributed by atoms with Gasteiger partial charge < -0.3 is 5.32 Å². The monoisotopic (exact) mass is 255 g/mol. The Balaban J connectivity index is 1.78. The Morgan fingerprint density at radius 3 is 2.89 bits per heavy atom. The SMILES string of the molecule is Cc1cc(CNc2cccc3c2CCCC3)n(C)n1. The van der Waals surface area contributed by atoms with Crippen molar-refractivity contribution in [2.45, 2.75) is 39.2 Å². The average molecular weight is 255 g/mol. The van der Waals surface area contributed by atoms with Crippen LogP contribution in [0.25, 0.3) is 0 Å². The molecule has 1 aliphatic carbocycles. The Morgan fingerprint density at radius 2 is 2.11 bits per heavy atom. The molecule has 0 saturated carbocycles. The van der Waals surface area contributed by atoms with Crippen LogP contribution < -0.4 is 5.32 Å². The van der Waals surface area contributed by atoms with E-state index in [4.69, 9.17) is 0 Å². The van der Waals surface area contributed by atoms with E-state index >= 15 is 0 Å². The molecule has 0 fully saturated rings. The normalized spacial score (nSPS) is 14.2. The fourth-order valence-electron chi connectivity index (χ4n) is 2.96. The Bertz CT molecular complexity index is 584. The quantitative estimate of drug-likeness (QED) is 0.912. The van der Waals surface area contributed by atoms with Gasteiger partial charge >= 0.3 is 0 Å². The Kier molecular flexibility index (Phi) is 3.28. The standard InChI is InChI=1S/C16H21N3/c1-12-10-14(19(2)18-12)11-17-16-9-5-7-13-6-3-4-8-15(13)16/h5,7,9-10,17H,3-4,6,8,11H2,1-2H3. The van der Waals surface area contributed by atoms with E-state index in [9.17, 15) is 0 Å². The molecule has 1 aliphatic rings. The van der Waals surface area contributed by atoms with Crippen molar-refractivity contribution < 1.29 is 0 Å². The van der Waals surface area contributed by atoms with Crippen LogP contribution in [0.4, 0.5) is 5.69 Å². The summed E-state index contributed by atoms with van der Waals surface area (Å²) in [5.41, 5.74) is 6.65. The summed E-state index contributed by atoms with van der Waals surface area (Å²) in [5.74, 6) is 0. The summed E-state index contributed by atoms with van der Waals surface area (Å²) in [6.07, 6.45) is 5.09. The predicted octanol–water partition coefficient (Wildman–Crippen LogP) is 3.22. The van der Waals surface area contributed by atoms with Gasteiger partial charge in [-0.3, -0.25) is 4.68 Å². The lowest BCUT2D eigenvalue weighted by molar-refractivity contribution is 0.684. The number of hydrogen-bond acceptors (Lipinski definition) is 2. The number of nitrogens with zero attached hydrogens (tertiary/aromatic N) is 2. The first-order valence-corrected chi connectivity index (χ1v) is 7.08. The molecule has 0 unspecified atom stereocenters. The van der Waals surface area contributed by atoms with Crippen LogP contribution in [0.15, 0.2) is 24.3 Å². The first-order chi connectivity index (χ1) is 9.24. The van der Waals surface area contributed by atoms with E-state index in [0.717, 1.165) is 12.2 Å². The lowest BCUT2D eigenvalue weighted by atomic mass is 9.90. The van der Waals surface area contributed by atoms with E-state index in [2.05, 4.69) is 34.7 Å². The Morgan fingerprint density at radius 1 is 1.26 bits per heavy atom. The molecule has 0 bridgehead atoms. The molecule has 0 amide bonds. The highest BCUT2D eigenvalue weighted by Crippen LogP contribution is 2.28. The fraction of sp³-hybridized carbons (Fsp3) is 0.438. The van der Waals surface area contributed by atoms with Gasteiger partial charge in [-0.15, -0.1) is 0 Å². The second-order valence-electron chi connectivity index (χ2n) is 5.40. The highest BCUT2D eigenvalue weighted by atomic mass is 15.3. The van der Waals surface area contributed by atoms with Crippen LogP contribution in [0.3, 0.4) is 0 Å². The smallest absolute Gasteiger partial charge is 0.0597 e. The molecule has 1 heterocycles. The van der Waals surface area contributed by atoms with Crippen LogP contribution in [-0.4, -0.2) is 9.78 Å². The van der Waals surface area contributed by atoms with Gasteiger partial charge in [0.25, 0.3) is 0 Å². The van der Waals surface area contributed by atoms with Crippen LogP contribution in [0, 0.1) is 6.92 Å². The topological polar surface area (TPSA) is 29.9 Å². The Hall–Kier alpha value is -1.77. The van der Waals surface area contributed by atoms with Crippen LogP contribution in [0.5, 0.6) is 0 Å². The van der Waals surface area contributed by atoms with Crippen molar-refractivity contribution in [3.63, 3.8) is 0 Å². The summed E-state index contributed by atoms with van der Waals surface area (Å²) < 4.78 is 1.96. The van der Waals surface area contributed by atoms with Gasteiger partial charge in [-0.1, -0.05) is 12.1 Å². The van der Waals surface area contributed by atoms with Gasteiger partial charge in [-0.2, -0.15) is 5.10 Å². The molecule has 0 spiro atoms. The van der Waals surface area contributed by atoms with Gasteiger partial charge in [-0.25, -0.2) is 0 Å². The number of fused-ring (bicyclic) bond motifs is 1. The first kappa shape index (κ1) is 12.3. The zero-order chi connectivity index (χ0) is 13.2. The maximum atomic E-state index is 4.39. The van der Waals surface area contributed by atoms with Crippen LogP contribution in [0.1, 0.15) is 35.4 Å². The second kappa shape index (κ2) is 5.08. The highest BCUT2D eigenvalue weighted by molar-refractivity contribution is 5.55. The fourth-order valence-corrected chi connectivity index (χ4v) is 2.96. The minimum absolute atomic E-state index is 0.841. The summed E-state index contributed by atoms with van der Waals surface area (Å²) in [5, 5.41) is 7.97. The molecule has 0 saturated heterocycles. The number of hydrogen-bond donors (Lipinski definition) is 1. The predicted molar refractivity (Wildman–Crippen MR) is 78.4 cm³/mol. The first-order valence-electron chi connectivity index (χ1n) is 7.08. The summed E-state index contributed by atoms with van der Waals surface area (Å²) in [6, 6.07) is 8.78. The molecule has 0 radical (unpaired) electrons. The summed E-state index contributed by atoms with van der Waals surface area (Å²) in [4.78, 5) is 0. The minimum Gasteiger partial charge on any atom is -0.379 e. The van der Waals surface area contributed by atoms with Crippen molar-refractivity contribution in [2.24, 2.45) is 7.05 Å². The zero-order valence-corrected chi connectivity index (χ0v) is 11.7. The third-order valence-electron chi connectivity index (χ3n) is 3.95. The van der Waals surface area contributed by atoms with Crippen LogP contribution in [0.2, 0.25) is 0 Å².